The first-order valence-corrected chi connectivity index (χ1v) is 11.0. The van der Waals surface area contributed by atoms with Crippen LogP contribution in [0.5, 0.6) is 0 Å². The molecule has 1 aliphatic rings. The maximum atomic E-state index is 12.8. The van der Waals surface area contributed by atoms with Crippen molar-refractivity contribution in [2.45, 2.75) is 11.3 Å². The highest BCUT2D eigenvalue weighted by molar-refractivity contribution is 9.10. The number of benzene rings is 3. The van der Waals surface area contributed by atoms with Gasteiger partial charge in [0, 0.05) is 28.0 Å². The van der Waals surface area contributed by atoms with E-state index in [1.165, 1.54) is 6.07 Å². The molecule has 0 radical (unpaired) electrons. The van der Waals surface area contributed by atoms with Crippen LogP contribution in [0.4, 0.5) is 11.4 Å². The minimum atomic E-state index is -3.71. The van der Waals surface area contributed by atoms with Gasteiger partial charge in [-0.3, -0.25) is 9.52 Å². The Hall–Kier alpha value is -2.64. The molecular formula is C21H17BrN2O3S. The van der Waals surface area contributed by atoms with Gasteiger partial charge in [-0.05, 0) is 66.6 Å². The van der Waals surface area contributed by atoms with Crippen molar-refractivity contribution in [3.05, 3.63) is 88.4 Å². The molecule has 0 atom stereocenters. The van der Waals surface area contributed by atoms with E-state index in [1.54, 1.807) is 53.4 Å². The molecule has 0 aliphatic carbocycles. The van der Waals surface area contributed by atoms with Gasteiger partial charge in [0.05, 0.1) is 4.90 Å². The van der Waals surface area contributed by atoms with Gasteiger partial charge in [0.1, 0.15) is 0 Å². The molecule has 1 amide bonds. The van der Waals surface area contributed by atoms with Crippen molar-refractivity contribution < 1.29 is 13.2 Å². The number of anilines is 2. The molecule has 1 aliphatic heterocycles. The van der Waals surface area contributed by atoms with E-state index < -0.39 is 10.0 Å². The number of nitrogens with zero attached hydrogens (tertiary/aromatic N) is 1. The topological polar surface area (TPSA) is 66.5 Å². The summed E-state index contributed by atoms with van der Waals surface area (Å²) in [6.07, 6.45) is 0.621. The van der Waals surface area contributed by atoms with Crippen LogP contribution in [0.1, 0.15) is 15.9 Å². The number of carbonyl (C=O) groups is 1. The predicted octanol–water partition coefficient (Wildman–Crippen LogP) is 4.45. The number of rotatable bonds is 4. The van der Waals surface area contributed by atoms with E-state index in [9.17, 15) is 13.2 Å². The highest BCUT2D eigenvalue weighted by Crippen LogP contribution is 2.32. The SMILES string of the molecule is O=C(c1ccccc1)N1CCc2cc(S(=O)(=O)Nc3ccc(Br)cc3)ccc21. The molecule has 0 aromatic heterocycles. The van der Waals surface area contributed by atoms with Gasteiger partial charge < -0.3 is 4.90 Å². The van der Waals surface area contributed by atoms with Crippen molar-refractivity contribution in [3.8, 4) is 0 Å². The second-order valence-corrected chi connectivity index (χ2v) is 9.07. The summed E-state index contributed by atoms with van der Waals surface area (Å²) in [5.74, 6) is -0.0806. The van der Waals surface area contributed by atoms with Crippen LogP contribution in [0.15, 0.2) is 82.2 Å². The minimum absolute atomic E-state index is 0.0806. The van der Waals surface area contributed by atoms with Crippen LogP contribution in [-0.4, -0.2) is 20.9 Å². The van der Waals surface area contributed by atoms with Gasteiger partial charge in [0.2, 0.25) is 0 Å². The number of sulfonamides is 1. The number of fused-ring (bicyclic) bond motifs is 1. The van der Waals surface area contributed by atoms with Gasteiger partial charge >= 0.3 is 0 Å². The number of hydrogen-bond donors (Lipinski definition) is 1. The van der Waals surface area contributed by atoms with E-state index in [0.717, 1.165) is 15.7 Å². The molecule has 0 saturated heterocycles. The normalized spacial score (nSPS) is 13.2. The smallest absolute Gasteiger partial charge is 0.261 e. The van der Waals surface area contributed by atoms with E-state index in [-0.39, 0.29) is 10.8 Å². The molecule has 7 heteroatoms. The Morgan fingerprint density at radius 3 is 2.39 bits per heavy atom. The first-order valence-electron chi connectivity index (χ1n) is 8.72. The van der Waals surface area contributed by atoms with E-state index in [2.05, 4.69) is 20.7 Å². The third kappa shape index (κ3) is 3.68. The quantitative estimate of drug-likeness (QED) is 0.630. The molecule has 1 N–H and O–H groups in total. The Bertz CT molecular complexity index is 1130. The average Bonchev–Trinajstić information content (AvgIpc) is 3.13. The maximum Gasteiger partial charge on any atom is 0.261 e. The molecule has 0 spiro atoms. The van der Waals surface area contributed by atoms with Crippen molar-refractivity contribution in [2.75, 3.05) is 16.2 Å². The zero-order valence-corrected chi connectivity index (χ0v) is 17.2. The van der Waals surface area contributed by atoms with Crippen molar-refractivity contribution in [1.29, 1.82) is 0 Å². The van der Waals surface area contributed by atoms with Crippen LogP contribution >= 0.6 is 15.9 Å². The molecule has 0 fully saturated rings. The van der Waals surface area contributed by atoms with Crippen LogP contribution in [0.2, 0.25) is 0 Å². The fourth-order valence-corrected chi connectivity index (χ4v) is 4.60. The lowest BCUT2D eigenvalue weighted by atomic mass is 10.1. The number of carbonyl (C=O) groups excluding carboxylic acids is 1. The first-order chi connectivity index (χ1) is 13.4. The fraction of sp³-hybridized carbons (Fsp3) is 0.0952. The average molecular weight is 457 g/mol. The summed E-state index contributed by atoms with van der Waals surface area (Å²) >= 11 is 3.33. The first kappa shape index (κ1) is 18.7. The van der Waals surface area contributed by atoms with E-state index >= 15 is 0 Å². The summed E-state index contributed by atoms with van der Waals surface area (Å²) < 4.78 is 28.9. The minimum Gasteiger partial charge on any atom is -0.308 e. The van der Waals surface area contributed by atoms with Gasteiger partial charge in [-0.2, -0.15) is 0 Å². The molecule has 28 heavy (non-hydrogen) atoms. The van der Waals surface area contributed by atoms with E-state index in [4.69, 9.17) is 0 Å². The summed E-state index contributed by atoms with van der Waals surface area (Å²) in [6.45, 7) is 0.534. The van der Waals surface area contributed by atoms with Gasteiger partial charge in [-0.1, -0.05) is 34.1 Å². The van der Waals surface area contributed by atoms with Gasteiger partial charge in [-0.25, -0.2) is 8.42 Å². The summed E-state index contributed by atoms with van der Waals surface area (Å²) in [4.78, 5) is 14.6. The number of nitrogens with one attached hydrogen (secondary N) is 1. The molecule has 0 saturated carbocycles. The number of hydrogen-bond acceptors (Lipinski definition) is 3. The highest BCUT2D eigenvalue weighted by Gasteiger charge is 2.27. The Balaban J connectivity index is 1.59. The number of amides is 1. The Morgan fingerprint density at radius 1 is 0.964 bits per heavy atom. The van der Waals surface area contributed by atoms with Gasteiger partial charge in [0.15, 0.2) is 0 Å². The Kier molecular flexibility index (Phi) is 4.95. The van der Waals surface area contributed by atoms with Crippen molar-refractivity contribution in [2.24, 2.45) is 0 Å². The van der Waals surface area contributed by atoms with Crippen molar-refractivity contribution in [3.63, 3.8) is 0 Å². The second kappa shape index (κ2) is 7.41. The van der Waals surface area contributed by atoms with Crippen LogP contribution in [0.3, 0.4) is 0 Å². The molecule has 3 aromatic rings. The molecule has 0 unspecified atom stereocenters. The van der Waals surface area contributed by atoms with Crippen LogP contribution < -0.4 is 9.62 Å². The Labute approximate surface area is 172 Å². The zero-order valence-electron chi connectivity index (χ0n) is 14.8. The third-order valence-corrected chi connectivity index (χ3v) is 6.53. The van der Waals surface area contributed by atoms with Crippen molar-refractivity contribution in [1.82, 2.24) is 0 Å². The molecule has 142 valence electrons. The van der Waals surface area contributed by atoms with Crippen LogP contribution in [0, 0.1) is 0 Å². The molecule has 1 heterocycles. The van der Waals surface area contributed by atoms with Crippen molar-refractivity contribution >= 4 is 43.2 Å². The lowest BCUT2D eigenvalue weighted by Gasteiger charge is -2.18. The summed E-state index contributed by atoms with van der Waals surface area (Å²) in [5.41, 5.74) is 2.72. The van der Waals surface area contributed by atoms with E-state index in [0.29, 0.717) is 24.2 Å². The second-order valence-electron chi connectivity index (χ2n) is 6.48. The third-order valence-electron chi connectivity index (χ3n) is 4.62. The largest absolute Gasteiger partial charge is 0.308 e. The molecule has 4 rings (SSSR count). The highest BCUT2D eigenvalue weighted by atomic mass is 79.9. The summed E-state index contributed by atoms with van der Waals surface area (Å²) in [6, 6.07) is 20.9. The standard InChI is InChI=1S/C21H17BrN2O3S/c22-17-6-8-18(9-7-17)23-28(26,27)19-10-11-20-16(14-19)12-13-24(20)21(25)15-4-2-1-3-5-15/h1-11,14,23H,12-13H2. The molecule has 0 bridgehead atoms. The van der Waals surface area contributed by atoms with Gasteiger partial charge in [0.25, 0.3) is 15.9 Å². The monoisotopic (exact) mass is 456 g/mol. The fourth-order valence-electron chi connectivity index (χ4n) is 3.22. The lowest BCUT2D eigenvalue weighted by Crippen LogP contribution is -2.28. The molecular weight excluding hydrogens is 440 g/mol. The Morgan fingerprint density at radius 2 is 1.68 bits per heavy atom. The predicted molar refractivity (Wildman–Crippen MR) is 113 cm³/mol. The maximum absolute atomic E-state index is 12.8. The van der Waals surface area contributed by atoms with Crippen LogP contribution in [0.25, 0.3) is 0 Å². The van der Waals surface area contributed by atoms with Crippen LogP contribution in [-0.2, 0) is 16.4 Å². The zero-order chi connectivity index (χ0) is 19.7. The molecule has 3 aromatic carbocycles. The molecule has 5 nitrogen and oxygen atoms in total. The summed E-state index contributed by atoms with van der Waals surface area (Å²) in [7, 11) is -3.71. The lowest BCUT2D eigenvalue weighted by molar-refractivity contribution is 0.0989. The number of halogens is 1. The van der Waals surface area contributed by atoms with Gasteiger partial charge in [-0.15, -0.1) is 0 Å². The summed E-state index contributed by atoms with van der Waals surface area (Å²) in [5, 5.41) is 0. The van der Waals surface area contributed by atoms with E-state index in [1.807, 2.05) is 18.2 Å².